The number of nitriles is 1. The first-order valence-corrected chi connectivity index (χ1v) is 13.9. The molecule has 10 nitrogen and oxygen atoms in total. The van der Waals surface area contributed by atoms with Gasteiger partial charge in [0.05, 0.1) is 23.5 Å². The van der Waals surface area contributed by atoms with Gasteiger partial charge in [0.25, 0.3) is 11.5 Å². The lowest BCUT2D eigenvalue weighted by Gasteiger charge is -2.35. The minimum atomic E-state index is -4.88. The molecule has 1 amide bonds. The van der Waals surface area contributed by atoms with Crippen molar-refractivity contribution in [3.63, 3.8) is 0 Å². The molecule has 2 aliphatic heterocycles. The first-order valence-electron chi connectivity index (χ1n) is 13.9. The van der Waals surface area contributed by atoms with Crippen molar-refractivity contribution in [3.8, 4) is 11.8 Å². The Kier molecular flexibility index (Phi) is 7.65. The SMILES string of the molecule is N#Cc1ccc(N2CCN(C(=O)c3cccc(OC[C@H]4c5ccccc5CN4c4cn[nH]c(=O)c4C(F)(F)F)c3)CC2)nc1. The van der Waals surface area contributed by atoms with E-state index in [1.54, 1.807) is 53.4 Å². The molecular weight excluding hydrogens is 575 g/mol. The minimum Gasteiger partial charge on any atom is -0.491 e. The normalized spacial score (nSPS) is 16.4. The van der Waals surface area contributed by atoms with Crippen LogP contribution in [0.5, 0.6) is 5.75 Å². The van der Waals surface area contributed by atoms with Crippen LogP contribution in [0.4, 0.5) is 24.7 Å². The minimum absolute atomic E-state index is 0.0327. The number of H-pyrrole nitrogens is 1. The summed E-state index contributed by atoms with van der Waals surface area (Å²) in [5.41, 5.74) is -0.456. The molecule has 0 saturated carbocycles. The van der Waals surface area contributed by atoms with Crippen molar-refractivity contribution >= 4 is 17.4 Å². The largest absolute Gasteiger partial charge is 0.491 e. The molecule has 2 aromatic heterocycles. The molecule has 2 aromatic carbocycles. The van der Waals surface area contributed by atoms with Gasteiger partial charge in [-0.15, -0.1) is 0 Å². The van der Waals surface area contributed by atoms with Crippen LogP contribution in [0.25, 0.3) is 0 Å². The summed E-state index contributed by atoms with van der Waals surface area (Å²) in [6.45, 7) is 2.22. The van der Waals surface area contributed by atoms with E-state index in [1.807, 2.05) is 23.3 Å². The van der Waals surface area contributed by atoms with Gasteiger partial charge in [0.2, 0.25) is 0 Å². The second-order valence-electron chi connectivity index (χ2n) is 10.4. The van der Waals surface area contributed by atoms with Gasteiger partial charge in [-0.1, -0.05) is 30.3 Å². The lowest BCUT2D eigenvalue weighted by atomic mass is 10.1. The topological polar surface area (TPSA) is 118 Å². The highest BCUT2D eigenvalue weighted by molar-refractivity contribution is 5.94. The Morgan fingerprint density at radius 2 is 1.84 bits per heavy atom. The highest BCUT2D eigenvalue weighted by atomic mass is 19.4. The van der Waals surface area contributed by atoms with Gasteiger partial charge < -0.3 is 19.4 Å². The quantitative estimate of drug-likeness (QED) is 0.350. The monoisotopic (exact) mass is 601 g/mol. The van der Waals surface area contributed by atoms with Gasteiger partial charge in [-0.25, -0.2) is 10.1 Å². The Morgan fingerprint density at radius 3 is 2.57 bits per heavy atom. The Labute approximate surface area is 249 Å². The molecule has 2 aliphatic rings. The third-order valence-electron chi connectivity index (χ3n) is 7.82. The average molecular weight is 602 g/mol. The molecule has 4 heterocycles. The number of hydrogen-bond donors (Lipinski definition) is 1. The fraction of sp³-hybridized carbons (Fsp3) is 0.258. The van der Waals surface area contributed by atoms with E-state index in [4.69, 9.17) is 10.00 Å². The Balaban J connectivity index is 1.16. The first-order chi connectivity index (χ1) is 21.2. The highest BCUT2D eigenvalue weighted by Gasteiger charge is 2.42. The molecule has 1 atom stereocenters. The number of aromatic amines is 1. The maximum Gasteiger partial charge on any atom is 0.423 e. The third-order valence-corrected chi connectivity index (χ3v) is 7.82. The molecule has 4 aromatic rings. The van der Waals surface area contributed by atoms with Crippen LogP contribution < -0.4 is 20.1 Å². The number of aromatic nitrogens is 3. The number of nitrogens with one attached hydrogen (secondary N) is 1. The molecule has 0 aliphatic carbocycles. The number of hydrogen-bond acceptors (Lipinski definition) is 8. The van der Waals surface area contributed by atoms with Gasteiger partial charge in [-0.2, -0.15) is 23.5 Å². The number of alkyl halides is 3. The van der Waals surface area contributed by atoms with Crippen LogP contribution in [0.2, 0.25) is 0 Å². The van der Waals surface area contributed by atoms with Gasteiger partial charge in [0.1, 0.15) is 29.8 Å². The van der Waals surface area contributed by atoms with Crippen molar-refractivity contribution in [1.82, 2.24) is 20.1 Å². The maximum absolute atomic E-state index is 13.9. The average Bonchev–Trinajstić information content (AvgIpc) is 3.41. The number of halogens is 3. The van der Waals surface area contributed by atoms with E-state index >= 15 is 0 Å². The molecule has 1 N–H and O–H groups in total. The molecule has 224 valence electrons. The number of carbonyl (C=O) groups excluding carboxylic acids is 1. The summed E-state index contributed by atoms with van der Waals surface area (Å²) in [5.74, 6) is 0.966. The molecular formula is C31H26F3N7O3. The van der Waals surface area contributed by atoms with Crippen molar-refractivity contribution in [2.24, 2.45) is 0 Å². The zero-order valence-corrected chi connectivity index (χ0v) is 23.3. The zero-order valence-electron chi connectivity index (χ0n) is 23.3. The summed E-state index contributed by atoms with van der Waals surface area (Å²) in [6.07, 6.45) is -2.35. The number of anilines is 2. The van der Waals surface area contributed by atoms with E-state index < -0.39 is 23.3 Å². The summed E-state index contributed by atoms with van der Waals surface area (Å²) in [6, 6.07) is 18.9. The van der Waals surface area contributed by atoms with E-state index in [9.17, 15) is 22.8 Å². The Morgan fingerprint density at radius 1 is 1.05 bits per heavy atom. The predicted octanol–water partition coefficient (Wildman–Crippen LogP) is 4.16. The lowest BCUT2D eigenvalue weighted by molar-refractivity contribution is -0.138. The molecule has 13 heteroatoms. The van der Waals surface area contributed by atoms with Gasteiger partial charge in [-0.05, 0) is 41.5 Å². The molecule has 44 heavy (non-hydrogen) atoms. The number of piperazine rings is 1. The van der Waals surface area contributed by atoms with Gasteiger partial charge in [0.15, 0.2) is 0 Å². The first kappa shape index (κ1) is 28.7. The number of pyridine rings is 1. The van der Waals surface area contributed by atoms with Crippen LogP contribution >= 0.6 is 0 Å². The number of rotatable bonds is 6. The van der Waals surface area contributed by atoms with Crippen LogP contribution in [0.3, 0.4) is 0 Å². The number of ether oxygens (including phenoxy) is 1. The summed E-state index contributed by atoms with van der Waals surface area (Å²) in [4.78, 5) is 35.2. The van der Waals surface area contributed by atoms with Crippen molar-refractivity contribution in [2.75, 3.05) is 42.6 Å². The number of nitrogens with zero attached hydrogens (tertiary/aromatic N) is 6. The number of amides is 1. The van der Waals surface area contributed by atoms with E-state index in [0.29, 0.717) is 43.1 Å². The molecule has 1 saturated heterocycles. The third kappa shape index (κ3) is 5.66. The molecule has 0 radical (unpaired) electrons. The number of fused-ring (bicyclic) bond motifs is 1. The van der Waals surface area contributed by atoms with Crippen LogP contribution in [0.1, 0.15) is 38.7 Å². The molecule has 0 bridgehead atoms. The summed E-state index contributed by atoms with van der Waals surface area (Å²) in [5, 5.41) is 14.5. The van der Waals surface area contributed by atoms with E-state index in [0.717, 1.165) is 23.1 Å². The molecule has 0 unspecified atom stereocenters. The van der Waals surface area contributed by atoms with E-state index in [1.165, 1.54) is 11.1 Å². The second-order valence-corrected chi connectivity index (χ2v) is 10.4. The van der Waals surface area contributed by atoms with Crippen LogP contribution in [-0.4, -0.2) is 58.8 Å². The van der Waals surface area contributed by atoms with Crippen LogP contribution in [-0.2, 0) is 12.7 Å². The number of benzene rings is 2. The smallest absolute Gasteiger partial charge is 0.423 e. The molecule has 1 fully saturated rings. The Hall–Kier alpha value is -5.38. The van der Waals surface area contributed by atoms with Gasteiger partial charge >= 0.3 is 6.18 Å². The van der Waals surface area contributed by atoms with Crippen LogP contribution in [0.15, 0.2) is 77.9 Å². The highest BCUT2D eigenvalue weighted by Crippen LogP contribution is 2.42. The van der Waals surface area contributed by atoms with E-state index in [2.05, 4.69) is 15.0 Å². The summed E-state index contributed by atoms with van der Waals surface area (Å²) >= 11 is 0. The summed E-state index contributed by atoms with van der Waals surface area (Å²) in [7, 11) is 0. The van der Waals surface area contributed by atoms with Crippen molar-refractivity contribution < 1.29 is 22.7 Å². The summed E-state index contributed by atoms with van der Waals surface area (Å²) < 4.78 is 47.8. The predicted molar refractivity (Wildman–Crippen MR) is 154 cm³/mol. The molecule has 6 rings (SSSR count). The fourth-order valence-electron chi connectivity index (χ4n) is 5.63. The van der Waals surface area contributed by atoms with Gasteiger partial charge in [0, 0.05) is 44.5 Å². The van der Waals surface area contributed by atoms with Crippen molar-refractivity contribution in [1.29, 1.82) is 5.26 Å². The maximum atomic E-state index is 13.9. The van der Waals surface area contributed by atoms with Crippen molar-refractivity contribution in [3.05, 3.63) is 111 Å². The molecule has 0 spiro atoms. The van der Waals surface area contributed by atoms with E-state index in [-0.39, 0.29) is 24.7 Å². The van der Waals surface area contributed by atoms with Gasteiger partial charge in [-0.3, -0.25) is 9.59 Å². The lowest BCUT2D eigenvalue weighted by Crippen LogP contribution is -2.49. The zero-order chi connectivity index (χ0) is 30.8. The standard InChI is InChI=1S/C31H26F3N7O3/c32-31(33,34)28-25(17-37-38-29(28)42)41-18-22-4-1-2-7-24(22)26(41)19-44-23-6-3-5-21(14-23)30(43)40-12-10-39(11-13-40)27-9-8-20(15-35)16-36-27/h1-9,14,16-17,26H,10-13,18-19H2,(H,38,42)/t26-/m0/s1. The fourth-order valence-corrected chi connectivity index (χ4v) is 5.63. The Bertz CT molecular complexity index is 1780. The second kappa shape index (κ2) is 11.7. The van der Waals surface area contributed by atoms with Crippen molar-refractivity contribution in [2.45, 2.75) is 18.8 Å². The number of carbonyl (C=O) groups is 1. The van der Waals surface area contributed by atoms with Crippen LogP contribution in [0, 0.1) is 11.3 Å².